The number of epoxide rings is 1. The highest BCUT2D eigenvalue weighted by Gasteiger charge is 2.49. The van der Waals surface area contributed by atoms with Gasteiger partial charge in [0, 0.05) is 12.6 Å². The lowest BCUT2D eigenvalue weighted by atomic mass is 9.99. The fourth-order valence-corrected chi connectivity index (χ4v) is 2.72. The number of hydrazone groups is 1. The summed E-state index contributed by atoms with van der Waals surface area (Å²) in [4.78, 5) is 12.0. The second kappa shape index (κ2) is 6.18. The van der Waals surface area contributed by atoms with Crippen LogP contribution in [-0.2, 0) is 9.47 Å². The predicted octanol–water partition coefficient (Wildman–Crippen LogP) is 3.03. The maximum atomic E-state index is 13.1. The van der Waals surface area contributed by atoms with Crippen molar-refractivity contribution in [2.24, 2.45) is 5.10 Å². The Morgan fingerprint density at radius 1 is 1.40 bits per heavy atom. The number of ether oxygens (including phenoxy) is 2. The highest BCUT2D eigenvalue weighted by atomic mass is 19.4. The Kier molecular flexibility index (Phi) is 4.32. The minimum Gasteiger partial charge on any atom is -0.462 e. The number of nitrogens with zero attached hydrogens (tertiary/aromatic N) is 2. The van der Waals surface area contributed by atoms with E-state index < -0.39 is 30.1 Å². The number of carbonyl (C=O) groups excluding carboxylic acids is 1. The third-order valence-electron chi connectivity index (χ3n) is 4.04. The predicted molar refractivity (Wildman–Crippen MR) is 84.2 cm³/mol. The van der Waals surface area contributed by atoms with Crippen LogP contribution in [0.25, 0.3) is 0 Å². The number of alkyl halides is 3. The van der Waals surface area contributed by atoms with E-state index in [1.165, 1.54) is 7.05 Å². The van der Waals surface area contributed by atoms with Crippen LogP contribution < -0.4 is 0 Å². The molecule has 1 aromatic carbocycles. The number of allylic oxidation sites excluding steroid dienone is 1. The number of hydrogen-bond donors (Lipinski definition) is 0. The number of rotatable bonds is 3. The van der Waals surface area contributed by atoms with Crippen LogP contribution in [0.1, 0.15) is 28.4 Å². The van der Waals surface area contributed by atoms with Crippen LogP contribution >= 0.6 is 0 Å². The van der Waals surface area contributed by atoms with Gasteiger partial charge in [0.25, 0.3) is 0 Å². The topological polar surface area (TPSA) is 54.4 Å². The maximum Gasteiger partial charge on any atom is 0.432 e. The van der Waals surface area contributed by atoms with Crippen molar-refractivity contribution >= 4 is 11.7 Å². The number of halogens is 3. The highest BCUT2D eigenvalue weighted by molar-refractivity contribution is 6.07. The van der Waals surface area contributed by atoms with Gasteiger partial charge in [-0.2, -0.15) is 18.3 Å². The molecule has 1 fully saturated rings. The monoisotopic (exact) mass is 354 g/mol. The maximum absolute atomic E-state index is 13.1. The molecule has 3 rings (SSSR count). The molecule has 2 heterocycles. The Morgan fingerprint density at radius 3 is 2.76 bits per heavy atom. The molecule has 0 aromatic heterocycles. The third-order valence-corrected chi connectivity index (χ3v) is 4.04. The number of benzene rings is 1. The molecule has 0 bridgehead atoms. The van der Waals surface area contributed by atoms with Gasteiger partial charge in [-0.25, -0.2) is 4.79 Å². The van der Waals surface area contributed by atoms with E-state index in [9.17, 15) is 18.0 Å². The number of carbonyl (C=O) groups is 1. The first kappa shape index (κ1) is 17.5. The summed E-state index contributed by atoms with van der Waals surface area (Å²) in [5.74, 6) is -0.480. The van der Waals surface area contributed by atoms with E-state index >= 15 is 0 Å². The first-order valence-electron chi connectivity index (χ1n) is 7.77. The molecule has 8 heteroatoms. The number of hydrogen-bond acceptors (Lipinski definition) is 5. The second-order valence-corrected chi connectivity index (χ2v) is 5.83. The number of fused-ring (bicyclic) bond motifs is 1. The van der Waals surface area contributed by atoms with Gasteiger partial charge in [0.15, 0.2) is 0 Å². The van der Waals surface area contributed by atoms with Gasteiger partial charge in [-0.15, -0.1) is 0 Å². The molecule has 1 saturated heterocycles. The zero-order valence-electron chi connectivity index (χ0n) is 13.9. The molecule has 0 aliphatic carbocycles. The van der Waals surface area contributed by atoms with Gasteiger partial charge in [0.1, 0.15) is 23.6 Å². The summed E-state index contributed by atoms with van der Waals surface area (Å²) in [6.45, 7) is 3.70. The zero-order valence-corrected chi connectivity index (χ0v) is 13.9. The van der Waals surface area contributed by atoms with Crippen molar-refractivity contribution < 1.29 is 27.4 Å². The lowest BCUT2D eigenvalue weighted by Crippen LogP contribution is -2.26. The van der Waals surface area contributed by atoms with Crippen LogP contribution in [0.4, 0.5) is 13.2 Å². The van der Waals surface area contributed by atoms with Crippen LogP contribution in [0, 0.1) is 6.92 Å². The molecule has 0 saturated carbocycles. The van der Waals surface area contributed by atoms with E-state index in [1.54, 1.807) is 32.0 Å². The van der Waals surface area contributed by atoms with Crippen LogP contribution in [0.5, 0.6) is 0 Å². The summed E-state index contributed by atoms with van der Waals surface area (Å²) in [5.41, 5.74) is 1.09. The van der Waals surface area contributed by atoms with Crippen molar-refractivity contribution in [2.75, 3.05) is 13.7 Å². The van der Waals surface area contributed by atoms with Gasteiger partial charge < -0.3 is 9.47 Å². The molecule has 2 unspecified atom stereocenters. The summed E-state index contributed by atoms with van der Waals surface area (Å²) in [6.07, 6.45) is -4.72. The SMILES string of the molecule is CCOC(=O)c1cc(C2=NN(C)C(C(F)(F)F)=CC3OC23)ccc1C. The van der Waals surface area contributed by atoms with E-state index in [0.29, 0.717) is 22.4 Å². The molecule has 0 amide bonds. The smallest absolute Gasteiger partial charge is 0.432 e. The van der Waals surface area contributed by atoms with Crippen molar-refractivity contribution in [2.45, 2.75) is 32.2 Å². The van der Waals surface area contributed by atoms with Gasteiger partial charge in [-0.05, 0) is 31.6 Å². The van der Waals surface area contributed by atoms with E-state index in [4.69, 9.17) is 9.47 Å². The normalized spacial score (nSPS) is 22.6. The number of esters is 1. The third kappa shape index (κ3) is 3.39. The van der Waals surface area contributed by atoms with Gasteiger partial charge in [-0.3, -0.25) is 5.01 Å². The molecule has 2 atom stereocenters. The Bertz CT molecular complexity index is 771. The Morgan fingerprint density at radius 2 is 2.12 bits per heavy atom. The molecular formula is C17H17F3N2O3. The molecular weight excluding hydrogens is 337 g/mol. The summed E-state index contributed by atoms with van der Waals surface area (Å²) < 4.78 is 49.7. The highest BCUT2D eigenvalue weighted by Crippen LogP contribution is 2.37. The second-order valence-electron chi connectivity index (χ2n) is 5.83. The molecule has 1 aromatic rings. The zero-order chi connectivity index (χ0) is 18.4. The average Bonchev–Trinajstić information content (AvgIpc) is 3.29. The molecule has 134 valence electrons. The van der Waals surface area contributed by atoms with E-state index in [-0.39, 0.29) is 6.61 Å². The molecule has 2 aliphatic heterocycles. The lowest BCUT2D eigenvalue weighted by Gasteiger charge is -2.20. The average molecular weight is 354 g/mol. The van der Waals surface area contributed by atoms with Gasteiger partial charge in [0.05, 0.1) is 12.2 Å². The van der Waals surface area contributed by atoms with E-state index in [0.717, 1.165) is 11.1 Å². The summed E-state index contributed by atoms with van der Waals surface area (Å²) in [5, 5.41) is 4.88. The van der Waals surface area contributed by atoms with Crippen LogP contribution in [0.2, 0.25) is 0 Å². The minimum atomic E-state index is -4.52. The first-order chi connectivity index (χ1) is 11.7. The summed E-state index contributed by atoms with van der Waals surface area (Å²) in [6, 6.07) is 5.00. The molecule has 5 nitrogen and oxygen atoms in total. The van der Waals surface area contributed by atoms with Gasteiger partial charge in [0.2, 0.25) is 0 Å². The molecule has 0 N–H and O–H groups in total. The van der Waals surface area contributed by atoms with Crippen LogP contribution in [0.3, 0.4) is 0 Å². The van der Waals surface area contributed by atoms with Crippen molar-refractivity contribution in [3.8, 4) is 0 Å². The van der Waals surface area contributed by atoms with Crippen molar-refractivity contribution in [3.63, 3.8) is 0 Å². The Labute approximate surface area is 142 Å². The summed E-state index contributed by atoms with van der Waals surface area (Å²) in [7, 11) is 1.24. The standard InChI is InChI=1S/C17H17F3N2O3/c1-4-24-16(23)11-7-10(6-5-9(11)2)14-15-12(25-15)8-13(17(18,19)20)22(3)21-14/h5-8,12,15H,4H2,1-3H3. The largest absolute Gasteiger partial charge is 0.462 e. The summed E-state index contributed by atoms with van der Waals surface area (Å²) >= 11 is 0. The fourth-order valence-electron chi connectivity index (χ4n) is 2.72. The molecule has 0 spiro atoms. The molecule has 25 heavy (non-hydrogen) atoms. The van der Waals surface area contributed by atoms with Crippen molar-refractivity contribution in [3.05, 3.63) is 46.7 Å². The van der Waals surface area contributed by atoms with Gasteiger partial charge in [-0.1, -0.05) is 12.1 Å². The fraction of sp³-hybridized carbons (Fsp3) is 0.412. The van der Waals surface area contributed by atoms with Crippen molar-refractivity contribution in [1.29, 1.82) is 0 Å². The van der Waals surface area contributed by atoms with E-state index in [1.807, 2.05) is 0 Å². The lowest BCUT2D eigenvalue weighted by molar-refractivity contribution is -0.109. The number of aryl methyl sites for hydroxylation is 1. The van der Waals surface area contributed by atoms with Gasteiger partial charge >= 0.3 is 12.1 Å². The van der Waals surface area contributed by atoms with Crippen LogP contribution in [-0.4, -0.2) is 48.7 Å². The molecule has 2 aliphatic rings. The quantitative estimate of drug-likeness (QED) is 0.618. The van der Waals surface area contributed by atoms with E-state index in [2.05, 4.69) is 5.10 Å². The minimum absolute atomic E-state index is 0.235. The Balaban J connectivity index is 1.98. The van der Waals surface area contributed by atoms with Crippen LogP contribution in [0.15, 0.2) is 35.1 Å². The first-order valence-corrected chi connectivity index (χ1v) is 7.77. The van der Waals surface area contributed by atoms with Crippen molar-refractivity contribution in [1.82, 2.24) is 5.01 Å². The molecule has 0 radical (unpaired) electrons. The Hall–Kier alpha value is -2.35.